The highest BCUT2D eigenvalue weighted by Crippen LogP contribution is 2.24. The van der Waals surface area contributed by atoms with Crippen LogP contribution in [-0.2, 0) is 4.79 Å². The summed E-state index contributed by atoms with van der Waals surface area (Å²) in [6.07, 6.45) is 29.6. The van der Waals surface area contributed by atoms with E-state index in [2.05, 4.69) is 23.6 Å². The molecule has 0 bridgehead atoms. The van der Waals surface area contributed by atoms with E-state index in [4.69, 9.17) is 0 Å². The molecule has 0 heterocycles. The quantitative estimate of drug-likeness (QED) is 0.0754. The highest BCUT2D eigenvalue weighted by atomic mass is 16.3. The Morgan fingerprint density at radius 1 is 0.595 bits per heavy atom. The van der Waals surface area contributed by atoms with Gasteiger partial charge in [0.25, 0.3) is 0 Å². The molecule has 222 valence electrons. The SMILES string of the molecule is CCCCCCC(CCCCCC)CCCCCCCCN(CCCCCC=O)CCC(O)CN(C)C. The van der Waals surface area contributed by atoms with Crippen LogP contribution in [0.25, 0.3) is 0 Å². The van der Waals surface area contributed by atoms with Gasteiger partial charge >= 0.3 is 0 Å². The van der Waals surface area contributed by atoms with E-state index in [-0.39, 0.29) is 6.10 Å². The molecule has 0 amide bonds. The molecule has 0 saturated heterocycles. The summed E-state index contributed by atoms with van der Waals surface area (Å²) >= 11 is 0. The maximum atomic E-state index is 10.6. The van der Waals surface area contributed by atoms with Gasteiger partial charge in [-0.3, -0.25) is 0 Å². The predicted molar refractivity (Wildman–Crippen MR) is 163 cm³/mol. The Kier molecular flexibility index (Phi) is 28.2. The smallest absolute Gasteiger partial charge is 0.119 e. The topological polar surface area (TPSA) is 43.8 Å². The van der Waals surface area contributed by atoms with Crippen molar-refractivity contribution in [3.05, 3.63) is 0 Å². The first-order valence-corrected chi connectivity index (χ1v) is 16.5. The van der Waals surface area contributed by atoms with Crippen molar-refractivity contribution in [3.8, 4) is 0 Å². The number of aldehydes is 1. The number of nitrogens with zero attached hydrogens (tertiary/aromatic N) is 2. The van der Waals surface area contributed by atoms with E-state index < -0.39 is 0 Å². The van der Waals surface area contributed by atoms with Gasteiger partial charge in [0.2, 0.25) is 0 Å². The molecule has 0 saturated carbocycles. The van der Waals surface area contributed by atoms with Crippen LogP contribution in [0.3, 0.4) is 0 Å². The fourth-order valence-electron chi connectivity index (χ4n) is 5.55. The third-order valence-corrected chi connectivity index (χ3v) is 7.92. The summed E-state index contributed by atoms with van der Waals surface area (Å²) in [7, 11) is 4.05. The molecule has 0 radical (unpaired) electrons. The molecule has 4 heteroatoms. The predicted octanol–water partition coefficient (Wildman–Crippen LogP) is 8.65. The van der Waals surface area contributed by atoms with Crippen LogP contribution in [0.4, 0.5) is 0 Å². The van der Waals surface area contributed by atoms with Crippen LogP contribution in [-0.4, -0.2) is 67.6 Å². The van der Waals surface area contributed by atoms with Crippen molar-refractivity contribution in [2.75, 3.05) is 40.3 Å². The number of likely N-dealkylation sites (N-methyl/N-ethyl adjacent to an activating group) is 1. The molecule has 0 aliphatic carbocycles. The lowest BCUT2D eigenvalue weighted by molar-refractivity contribution is -0.107. The minimum absolute atomic E-state index is 0.241. The van der Waals surface area contributed by atoms with E-state index in [1.165, 1.54) is 109 Å². The van der Waals surface area contributed by atoms with Crippen molar-refractivity contribution in [1.82, 2.24) is 9.80 Å². The standard InChI is InChI=1S/C33H68N2O2/c1-5-7-9-17-23-32(24-18-10-8-6-2)25-19-13-11-12-14-20-27-35(28-21-15-16-22-30-36)29-26-33(37)31-34(3)4/h30,32-33,37H,5-29,31H2,1-4H3. The molecular formula is C33H68N2O2. The van der Waals surface area contributed by atoms with Crippen molar-refractivity contribution in [3.63, 3.8) is 0 Å². The number of rotatable bonds is 30. The lowest BCUT2D eigenvalue weighted by Crippen LogP contribution is -2.33. The number of hydrogen-bond donors (Lipinski definition) is 1. The minimum atomic E-state index is -0.241. The molecule has 1 atom stereocenters. The largest absolute Gasteiger partial charge is 0.392 e. The first kappa shape index (κ1) is 36.5. The zero-order valence-electron chi connectivity index (χ0n) is 25.9. The van der Waals surface area contributed by atoms with Crippen LogP contribution >= 0.6 is 0 Å². The van der Waals surface area contributed by atoms with Crippen LogP contribution < -0.4 is 0 Å². The molecule has 0 rings (SSSR count). The zero-order valence-corrected chi connectivity index (χ0v) is 25.9. The molecule has 4 nitrogen and oxygen atoms in total. The first-order chi connectivity index (χ1) is 18.0. The Balaban J connectivity index is 4.11. The number of carbonyl (C=O) groups excluding carboxylic acids is 1. The van der Waals surface area contributed by atoms with Crippen LogP contribution in [0.15, 0.2) is 0 Å². The Morgan fingerprint density at radius 2 is 1.05 bits per heavy atom. The third kappa shape index (κ3) is 26.9. The summed E-state index contributed by atoms with van der Waals surface area (Å²) in [5, 5.41) is 10.3. The molecule has 0 aromatic heterocycles. The Labute approximate surface area is 233 Å². The van der Waals surface area contributed by atoms with Crippen molar-refractivity contribution in [2.45, 2.75) is 161 Å². The van der Waals surface area contributed by atoms with Crippen molar-refractivity contribution in [1.29, 1.82) is 0 Å². The fraction of sp³-hybridized carbons (Fsp3) is 0.970. The second kappa shape index (κ2) is 28.6. The number of aliphatic hydroxyl groups is 1. The van der Waals surface area contributed by atoms with Gasteiger partial charge in [0.1, 0.15) is 6.29 Å². The van der Waals surface area contributed by atoms with E-state index in [1.54, 1.807) is 0 Å². The molecule has 0 aromatic rings. The average Bonchev–Trinajstić information content (AvgIpc) is 2.87. The van der Waals surface area contributed by atoms with Crippen LogP contribution in [0.2, 0.25) is 0 Å². The van der Waals surface area contributed by atoms with E-state index in [0.717, 1.165) is 64.1 Å². The van der Waals surface area contributed by atoms with Gasteiger partial charge in [-0.05, 0) is 58.8 Å². The number of aliphatic hydroxyl groups excluding tert-OH is 1. The molecule has 0 spiro atoms. The zero-order chi connectivity index (χ0) is 27.4. The van der Waals surface area contributed by atoms with Gasteiger partial charge in [0.05, 0.1) is 6.10 Å². The monoisotopic (exact) mass is 525 g/mol. The molecular weight excluding hydrogens is 456 g/mol. The third-order valence-electron chi connectivity index (χ3n) is 7.92. The summed E-state index contributed by atoms with van der Waals surface area (Å²) in [6, 6.07) is 0. The number of unbranched alkanes of at least 4 members (excludes halogenated alkanes) is 14. The Hall–Kier alpha value is -0.450. The van der Waals surface area contributed by atoms with Crippen molar-refractivity contribution >= 4 is 6.29 Å². The average molecular weight is 525 g/mol. The van der Waals surface area contributed by atoms with Gasteiger partial charge in [0, 0.05) is 19.5 Å². The first-order valence-electron chi connectivity index (χ1n) is 16.5. The summed E-state index contributed by atoms with van der Waals surface area (Å²) in [5.74, 6) is 0.983. The Morgan fingerprint density at radius 3 is 1.54 bits per heavy atom. The van der Waals surface area contributed by atoms with E-state index in [9.17, 15) is 9.90 Å². The van der Waals surface area contributed by atoms with Gasteiger partial charge in [0.15, 0.2) is 0 Å². The highest BCUT2D eigenvalue weighted by molar-refractivity contribution is 5.48. The van der Waals surface area contributed by atoms with Gasteiger partial charge in [-0.25, -0.2) is 0 Å². The molecule has 0 fully saturated rings. The second-order valence-corrected chi connectivity index (χ2v) is 12.0. The van der Waals surface area contributed by atoms with E-state index >= 15 is 0 Å². The summed E-state index contributed by atoms with van der Waals surface area (Å²) < 4.78 is 0. The summed E-state index contributed by atoms with van der Waals surface area (Å²) in [6.45, 7) is 8.61. The lowest BCUT2D eigenvalue weighted by Gasteiger charge is -2.24. The van der Waals surface area contributed by atoms with E-state index in [1.807, 2.05) is 14.1 Å². The second-order valence-electron chi connectivity index (χ2n) is 12.0. The van der Waals surface area contributed by atoms with Gasteiger partial charge < -0.3 is 19.7 Å². The highest BCUT2D eigenvalue weighted by Gasteiger charge is 2.11. The molecule has 0 aliphatic rings. The van der Waals surface area contributed by atoms with E-state index in [0.29, 0.717) is 6.42 Å². The Bertz CT molecular complexity index is 446. The van der Waals surface area contributed by atoms with Crippen LogP contribution in [0.5, 0.6) is 0 Å². The lowest BCUT2D eigenvalue weighted by atomic mass is 9.89. The maximum absolute atomic E-state index is 10.6. The fourth-order valence-corrected chi connectivity index (χ4v) is 5.55. The van der Waals surface area contributed by atoms with Gasteiger partial charge in [-0.15, -0.1) is 0 Å². The summed E-state index contributed by atoms with van der Waals surface area (Å²) in [5.41, 5.74) is 0. The molecule has 37 heavy (non-hydrogen) atoms. The number of carbonyl (C=O) groups is 1. The molecule has 1 unspecified atom stereocenters. The molecule has 0 aromatic carbocycles. The molecule has 1 N–H and O–H groups in total. The van der Waals surface area contributed by atoms with Gasteiger partial charge in [-0.2, -0.15) is 0 Å². The molecule has 0 aliphatic heterocycles. The normalized spacial score (nSPS) is 12.8. The van der Waals surface area contributed by atoms with Crippen LogP contribution in [0, 0.1) is 5.92 Å². The van der Waals surface area contributed by atoms with Gasteiger partial charge in [-0.1, -0.05) is 123 Å². The van der Waals surface area contributed by atoms with Crippen LogP contribution in [0.1, 0.15) is 155 Å². The van der Waals surface area contributed by atoms with Crippen molar-refractivity contribution in [2.24, 2.45) is 5.92 Å². The van der Waals surface area contributed by atoms with Crippen molar-refractivity contribution < 1.29 is 9.90 Å². The maximum Gasteiger partial charge on any atom is 0.119 e. The number of hydrogen-bond acceptors (Lipinski definition) is 4. The minimum Gasteiger partial charge on any atom is -0.392 e. The summed E-state index contributed by atoms with van der Waals surface area (Å²) in [4.78, 5) is 15.2.